The molecule has 0 spiro atoms. The third-order valence-electron chi connectivity index (χ3n) is 6.20. The van der Waals surface area contributed by atoms with Crippen LogP contribution in [0.2, 0.25) is 5.02 Å². The highest BCUT2D eigenvalue weighted by Gasteiger charge is 2.19. The average Bonchev–Trinajstić information content (AvgIpc) is 2.77. The van der Waals surface area contributed by atoms with Gasteiger partial charge in [-0.15, -0.1) is 0 Å². The van der Waals surface area contributed by atoms with Gasteiger partial charge in [0.2, 0.25) is 0 Å². The lowest BCUT2D eigenvalue weighted by Gasteiger charge is -2.22. The van der Waals surface area contributed by atoms with Crippen LogP contribution in [-0.2, 0) is 6.61 Å². The molecule has 2 aromatic carbocycles. The van der Waals surface area contributed by atoms with E-state index in [1.54, 1.807) is 0 Å². The fourth-order valence-electron chi connectivity index (χ4n) is 4.29. The Bertz CT molecular complexity index is 1030. The number of nitrogens with zero attached hydrogens (tertiary/aromatic N) is 1. The van der Waals surface area contributed by atoms with Gasteiger partial charge in [0.1, 0.15) is 0 Å². The molecule has 1 heterocycles. The lowest BCUT2D eigenvalue weighted by Crippen LogP contribution is -2.09. The van der Waals surface area contributed by atoms with Crippen molar-refractivity contribution in [2.24, 2.45) is 4.99 Å². The number of benzene rings is 2. The van der Waals surface area contributed by atoms with E-state index in [-0.39, 0.29) is 6.61 Å². The van der Waals surface area contributed by atoms with Crippen molar-refractivity contribution >= 4 is 28.6 Å². The summed E-state index contributed by atoms with van der Waals surface area (Å²) >= 11 is 6.57. The average molecular weight is 436 g/mol. The van der Waals surface area contributed by atoms with Gasteiger partial charge in [0, 0.05) is 16.3 Å². The number of hydrogen-bond donors (Lipinski definition) is 1. The van der Waals surface area contributed by atoms with E-state index in [2.05, 4.69) is 58.9 Å². The zero-order valence-electron chi connectivity index (χ0n) is 19.4. The van der Waals surface area contributed by atoms with Crippen LogP contribution >= 0.6 is 11.6 Å². The topological polar surface area (TPSA) is 32.6 Å². The number of halogens is 1. The minimum atomic E-state index is -0.00250. The summed E-state index contributed by atoms with van der Waals surface area (Å²) in [7, 11) is 0. The van der Waals surface area contributed by atoms with Crippen molar-refractivity contribution < 1.29 is 5.11 Å². The van der Waals surface area contributed by atoms with Gasteiger partial charge in [-0.3, -0.25) is 4.99 Å². The van der Waals surface area contributed by atoms with Crippen LogP contribution in [0, 0.1) is 0 Å². The third-order valence-corrected chi connectivity index (χ3v) is 6.53. The second-order valence-corrected chi connectivity index (χ2v) is 9.01. The molecule has 3 rings (SSSR count). The Labute approximate surface area is 192 Å². The van der Waals surface area contributed by atoms with Crippen LogP contribution in [0.25, 0.3) is 11.3 Å². The molecule has 164 valence electrons. The van der Waals surface area contributed by atoms with Crippen molar-refractivity contribution in [1.82, 2.24) is 0 Å². The summed E-state index contributed by atoms with van der Waals surface area (Å²) in [5.41, 5.74) is 10.5. The second-order valence-electron chi connectivity index (χ2n) is 8.60. The molecule has 1 aliphatic rings. The normalized spacial score (nSPS) is 17.6. The molecular formula is C28H34ClNO. The molecule has 1 aliphatic heterocycles. The van der Waals surface area contributed by atoms with Crippen LogP contribution in [0.5, 0.6) is 0 Å². The minimum Gasteiger partial charge on any atom is -0.392 e. The highest BCUT2D eigenvalue weighted by atomic mass is 35.5. The Morgan fingerprint density at radius 3 is 2.29 bits per heavy atom. The molecule has 0 aromatic heterocycles. The highest BCUT2D eigenvalue weighted by Crippen LogP contribution is 2.37. The molecular weight excluding hydrogens is 402 g/mol. The van der Waals surface area contributed by atoms with E-state index < -0.39 is 0 Å². The van der Waals surface area contributed by atoms with Crippen LogP contribution in [0.15, 0.2) is 58.6 Å². The van der Waals surface area contributed by atoms with Gasteiger partial charge < -0.3 is 5.11 Å². The lowest BCUT2D eigenvalue weighted by molar-refractivity contribution is 0.282. The fraction of sp³-hybridized carbons (Fsp3) is 0.393. The number of aliphatic hydroxyl groups is 1. The third kappa shape index (κ3) is 5.19. The van der Waals surface area contributed by atoms with E-state index in [4.69, 9.17) is 16.6 Å². The van der Waals surface area contributed by atoms with Crippen molar-refractivity contribution in [1.29, 1.82) is 0 Å². The summed E-state index contributed by atoms with van der Waals surface area (Å²) < 4.78 is 0. The number of aliphatic hydroxyl groups excluding tert-OH is 1. The van der Waals surface area contributed by atoms with Crippen molar-refractivity contribution in [2.45, 2.75) is 72.8 Å². The molecule has 2 nitrogen and oxygen atoms in total. The van der Waals surface area contributed by atoms with Gasteiger partial charge in [0.05, 0.1) is 12.3 Å². The molecule has 2 aromatic rings. The molecule has 0 bridgehead atoms. The Kier molecular flexibility index (Phi) is 7.91. The summed E-state index contributed by atoms with van der Waals surface area (Å²) in [6.45, 7) is 11.0. The first-order valence-corrected chi connectivity index (χ1v) is 11.8. The van der Waals surface area contributed by atoms with Crippen molar-refractivity contribution in [3.63, 3.8) is 0 Å². The Morgan fingerprint density at radius 1 is 1.00 bits per heavy atom. The van der Waals surface area contributed by atoms with Gasteiger partial charge >= 0.3 is 0 Å². The first-order valence-electron chi connectivity index (χ1n) is 11.4. The molecule has 0 unspecified atom stereocenters. The van der Waals surface area contributed by atoms with Crippen LogP contribution < -0.4 is 0 Å². The molecule has 3 heteroatoms. The van der Waals surface area contributed by atoms with Crippen molar-refractivity contribution in [3.8, 4) is 0 Å². The maximum absolute atomic E-state index is 9.61. The van der Waals surface area contributed by atoms with Crippen molar-refractivity contribution in [2.75, 3.05) is 0 Å². The largest absolute Gasteiger partial charge is 0.392 e. The van der Waals surface area contributed by atoms with Gasteiger partial charge in [-0.1, -0.05) is 69.6 Å². The first-order chi connectivity index (χ1) is 14.9. The van der Waals surface area contributed by atoms with Crippen LogP contribution in [0.1, 0.15) is 88.5 Å². The smallest absolute Gasteiger partial charge is 0.0709 e. The number of hydrogen-bond acceptors (Lipinski definition) is 2. The van der Waals surface area contributed by atoms with Gasteiger partial charge in [0.25, 0.3) is 0 Å². The summed E-state index contributed by atoms with van der Waals surface area (Å²) in [4.78, 5) is 5.19. The second kappa shape index (κ2) is 10.4. The zero-order chi connectivity index (χ0) is 22.5. The monoisotopic (exact) mass is 435 g/mol. The molecule has 0 aliphatic carbocycles. The first kappa shape index (κ1) is 23.5. The van der Waals surface area contributed by atoms with Crippen LogP contribution in [0.3, 0.4) is 0 Å². The number of aliphatic imine (C=N–C) groups is 1. The Morgan fingerprint density at radius 2 is 1.71 bits per heavy atom. The molecule has 0 saturated carbocycles. The van der Waals surface area contributed by atoms with Crippen LogP contribution in [-0.4, -0.2) is 10.8 Å². The molecule has 0 radical (unpaired) electrons. The van der Waals surface area contributed by atoms with Gasteiger partial charge in [-0.25, -0.2) is 0 Å². The SMILES string of the molecule is CCC1=N/C(c2cc(CO)ccc2Cl)=C(\C)CCC(c2ccc(C(C)C)cc2)=C1CC. The zero-order valence-corrected chi connectivity index (χ0v) is 20.2. The quantitative estimate of drug-likeness (QED) is 0.487. The van der Waals surface area contributed by atoms with Gasteiger partial charge in [-0.2, -0.15) is 0 Å². The summed E-state index contributed by atoms with van der Waals surface area (Å²) in [5, 5.41) is 10.3. The maximum Gasteiger partial charge on any atom is 0.0709 e. The Balaban J connectivity index is 2.14. The Hall–Kier alpha value is -2.16. The van der Waals surface area contributed by atoms with E-state index >= 15 is 0 Å². The summed E-state index contributed by atoms with van der Waals surface area (Å²) in [5.74, 6) is 0.533. The number of rotatable bonds is 6. The lowest BCUT2D eigenvalue weighted by atomic mass is 9.87. The highest BCUT2D eigenvalue weighted by molar-refractivity contribution is 6.32. The predicted octanol–water partition coefficient (Wildman–Crippen LogP) is 8.20. The van der Waals surface area contributed by atoms with E-state index in [9.17, 15) is 5.11 Å². The molecule has 1 N–H and O–H groups in total. The molecule has 0 atom stereocenters. The summed E-state index contributed by atoms with van der Waals surface area (Å²) in [6.07, 6.45) is 3.73. The van der Waals surface area contributed by atoms with E-state index in [1.165, 1.54) is 27.8 Å². The van der Waals surface area contributed by atoms with E-state index in [1.807, 2.05) is 18.2 Å². The van der Waals surface area contributed by atoms with Gasteiger partial charge in [-0.05, 0) is 84.1 Å². The standard InChI is InChI=1S/C28H34ClNO/c1-6-23-24(22-12-10-21(11-13-22)18(3)4)14-8-19(5)28(30-27(23)7-2)25-16-20(17-31)9-15-26(25)29/h9-13,15-16,18,31H,6-8,14,17H2,1-5H3/b24-23?,28-19+,30-27?. The fourth-order valence-corrected chi connectivity index (χ4v) is 4.50. The minimum absolute atomic E-state index is 0.00250. The van der Waals surface area contributed by atoms with Crippen LogP contribution in [0.4, 0.5) is 0 Å². The molecule has 0 amide bonds. The molecule has 31 heavy (non-hydrogen) atoms. The molecule has 0 saturated heterocycles. The summed E-state index contributed by atoms with van der Waals surface area (Å²) in [6, 6.07) is 14.8. The number of allylic oxidation sites excluding steroid dienone is 3. The predicted molar refractivity (Wildman–Crippen MR) is 135 cm³/mol. The van der Waals surface area contributed by atoms with E-state index in [0.29, 0.717) is 10.9 Å². The van der Waals surface area contributed by atoms with E-state index in [0.717, 1.165) is 48.2 Å². The maximum atomic E-state index is 9.61. The van der Waals surface area contributed by atoms with Gasteiger partial charge in [0.15, 0.2) is 0 Å². The van der Waals surface area contributed by atoms with Crippen molar-refractivity contribution in [3.05, 3.63) is 80.9 Å². The molecule has 0 fully saturated rings.